The summed E-state index contributed by atoms with van der Waals surface area (Å²) >= 11 is 3.32. The minimum absolute atomic E-state index is 0.437. The highest BCUT2D eigenvalue weighted by atomic mass is 79.9. The van der Waals surface area contributed by atoms with E-state index in [1.165, 1.54) is 6.42 Å². The third-order valence-electron chi connectivity index (χ3n) is 4.03. The van der Waals surface area contributed by atoms with Crippen molar-refractivity contribution in [3.05, 3.63) is 35.1 Å². The molecule has 1 N–H and O–H groups in total. The Hall–Kier alpha value is -1.82. The molecule has 0 saturated heterocycles. The van der Waals surface area contributed by atoms with Crippen LogP contribution in [0.5, 0.6) is 11.5 Å². The molecule has 1 aliphatic carbocycles. The Kier molecular flexibility index (Phi) is 3.41. The zero-order valence-electron chi connectivity index (χ0n) is 12.0. The van der Waals surface area contributed by atoms with E-state index in [4.69, 9.17) is 9.47 Å². The summed E-state index contributed by atoms with van der Waals surface area (Å²) in [6, 6.07) is 5.85. The van der Waals surface area contributed by atoms with Gasteiger partial charge < -0.3 is 14.8 Å². The predicted octanol–water partition coefficient (Wildman–Crippen LogP) is 4.41. The first-order chi connectivity index (χ1) is 10.7. The van der Waals surface area contributed by atoms with Gasteiger partial charge in [-0.15, -0.1) is 0 Å². The minimum atomic E-state index is -0.437. The van der Waals surface area contributed by atoms with Crippen molar-refractivity contribution in [2.75, 3.05) is 5.32 Å². The lowest BCUT2D eigenvalue weighted by molar-refractivity contribution is -0.105. The Morgan fingerprint density at radius 2 is 1.73 bits per heavy atom. The molecule has 1 fully saturated rings. The van der Waals surface area contributed by atoms with Gasteiger partial charge in [0.25, 0.3) is 5.79 Å². The Balaban J connectivity index is 1.54. The smallest absolute Gasteiger partial charge is 0.251 e. The van der Waals surface area contributed by atoms with Crippen molar-refractivity contribution >= 4 is 27.6 Å². The molecule has 1 saturated carbocycles. The quantitative estimate of drug-likeness (QED) is 0.858. The fraction of sp³-hybridized carbons (Fsp3) is 0.375. The van der Waals surface area contributed by atoms with Crippen LogP contribution >= 0.6 is 15.9 Å². The zero-order valence-corrected chi connectivity index (χ0v) is 13.6. The van der Waals surface area contributed by atoms with Crippen LogP contribution in [0.3, 0.4) is 0 Å². The van der Waals surface area contributed by atoms with E-state index in [0.29, 0.717) is 5.95 Å². The molecule has 6 heteroatoms. The van der Waals surface area contributed by atoms with Crippen LogP contribution in [-0.2, 0) is 0 Å². The Morgan fingerprint density at radius 3 is 2.50 bits per heavy atom. The summed E-state index contributed by atoms with van der Waals surface area (Å²) in [5.74, 6) is 1.73. The summed E-state index contributed by atoms with van der Waals surface area (Å²) in [6.07, 6.45) is 8.91. The average molecular weight is 362 g/mol. The van der Waals surface area contributed by atoms with Crippen molar-refractivity contribution < 1.29 is 9.47 Å². The fourth-order valence-corrected chi connectivity index (χ4v) is 3.18. The van der Waals surface area contributed by atoms with Gasteiger partial charge in [0.05, 0.1) is 4.47 Å². The van der Waals surface area contributed by atoms with E-state index in [1.807, 2.05) is 18.2 Å². The van der Waals surface area contributed by atoms with Crippen molar-refractivity contribution in [3.8, 4) is 11.5 Å². The first-order valence-corrected chi connectivity index (χ1v) is 8.28. The molecule has 2 aromatic rings. The van der Waals surface area contributed by atoms with Crippen molar-refractivity contribution in [1.82, 2.24) is 9.97 Å². The second-order valence-electron chi connectivity index (χ2n) is 5.69. The van der Waals surface area contributed by atoms with Gasteiger partial charge in [-0.2, -0.15) is 0 Å². The van der Waals surface area contributed by atoms with Crippen LogP contribution in [0.2, 0.25) is 0 Å². The molecule has 1 aromatic heterocycles. The highest BCUT2D eigenvalue weighted by molar-refractivity contribution is 9.10. The van der Waals surface area contributed by atoms with Crippen LogP contribution in [0, 0.1) is 0 Å². The van der Waals surface area contributed by atoms with Gasteiger partial charge in [0.1, 0.15) is 0 Å². The van der Waals surface area contributed by atoms with E-state index in [1.54, 1.807) is 12.4 Å². The van der Waals surface area contributed by atoms with Gasteiger partial charge in [0.15, 0.2) is 11.5 Å². The van der Waals surface area contributed by atoms with E-state index in [9.17, 15) is 0 Å². The molecule has 0 atom stereocenters. The molecule has 5 nitrogen and oxygen atoms in total. The first kappa shape index (κ1) is 13.8. The largest absolute Gasteiger partial charge is 0.448 e. The maximum atomic E-state index is 6.12. The molecule has 0 bridgehead atoms. The molecule has 1 aliphatic heterocycles. The molecule has 0 amide bonds. The molecule has 2 aliphatic rings. The number of anilines is 2. The van der Waals surface area contributed by atoms with Crippen molar-refractivity contribution in [2.24, 2.45) is 0 Å². The topological polar surface area (TPSA) is 56.3 Å². The summed E-state index contributed by atoms with van der Waals surface area (Å²) in [4.78, 5) is 8.42. The zero-order chi connectivity index (χ0) is 15.0. The van der Waals surface area contributed by atoms with E-state index < -0.39 is 5.79 Å². The van der Waals surface area contributed by atoms with Gasteiger partial charge in [-0.05, 0) is 40.9 Å². The van der Waals surface area contributed by atoms with Crippen LogP contribution in [0.4, 0.5) is 11.6 Å². The Labute approximate surface area is 137 Å². The SMILES string of the molecule is Brc1cnc(Nc2ccc3c(c2)OC2(CCCCC2)O3)nc1. The number of halogens is 1. The average Bonchev–Trinajstić information content (AvgIpc) is 2.87. The van der Waals surface area contributed by atoms with Crippen LogP contribution in [-0.4, -0.2) is 15.8 Å². The second-order valence-corrected chi connectivity index (χ2v) is 6.60. The van der Waals surface area contributed by atoms with E-state index in [2.05, 4.69) is 31.2 Å². The van der Waals surface area contributed by atoms with E-state index in [0.717, 1.165) is 47.3 Å². The summed E-state index contributed by atoms with van der Waals surface area (Å²) in [5.41, 5.74) is 0.887. The number of rotatable bonds is 2. The maximum Gasteiger partial charge on any atom is 0.251 e. The summed E-state index contributed by atoms with van der Waals surface area (Å²) in [6.45, 7) is 0. The molecule has 0 radical (unpaired) electrons. The Bertz CT molecular complexity index is 684. The number of hydrogen-bond donors (Lipinski definition) is 1. The van der Waals surface area contributed by atoms with Crippen LogP contribution in [0.1, 0.15) is 32.1 Å². The molecule has 4 rings (SSSR count). The molecule has 2 heterocycles. The summed E-state index contributed by atoms with van der Waals surface area (Å²) in [7, 11) is 0. The third kappa shape index (κ3) is 2.63. The number of benzene rings is 1. The lowest BCUT2D eigenvalue weighted by Gasteiger charge is -2.31. The molecule has 1 spiro atoms. The number of aromatic nitrogens is 2. The standard InChI is InChI=1S/C16H16BrN3O2/c17-11-9-18-15(19-10-11)20-12-4-5-13-14(8-12)22-16(21-13)6-2-1-3-7-16/h4-5,8-10H,1-3,6-7H2,(H,18,19,20). The van der Waals surface area contributed by atoms with Gasteiger partial charge in [0.2, 0.25) is 5.95 Å². The van der Waals surface area contributed by atoms with Gasteiger partial charge in [-0.1, -0.05) is 6.42 Å². The summed E-state index contributed by atoms with van der Waals surface area (Å²) < 4.78 is 13.0. The van der Waals surface area contributed by atoms with Crippen molar-refractivity contribution in [1.29, 1.82) is 0 Å². The highest BCUT2D eigenvalue weighted by Gasteiger charge is 2.42. The number of nitrogens with one attached hydrogen (secondary N) is 1. The highest BCUT2D eigenvalue weighted by Crippen LogP contribution is 2.46. The molecule has 1 aromatic carbocycles. The van der Waals surface area contributed by atoms with Gasteiger partial charge in [-0.25, -0.2) is 9.97 Å². The molecule has 0 unspecified atom stereocenters. The third-order valence-corrected chi connectivity index (χ3v) is 4.44. The number of ether oxygens (including phenoxy) is 2. The normalized spacial score (nSPS) is 18.4. The van der Waals surface area contributed by atoms with Crippen LogP contribution in [0.15, 0.2) is 35.1 Å². The second kappa shape index (κ2) is 5.43. The fourth-order valence-electron chi connectivity index (χ4n) is 2.97. The number of hydrogen-bond acceptors (Lipinski definition) is 5. The van der Waals surface area contributed by atoms with Crippen LogP contribution in [0.25, 0.3) is 0 Å². The molecular formula is C16H16BrN3O2. The van der Waals surface area contributed by atoms with E-state index >= 15 is 0 Å². The number of nitrogens with zero attached hydrogens (tertiary/aromatic N) is 2. The van der Waals surface area contributed by atoms with Crippen molar-refractivity contribution in [3.63, 3.8) is 0 Å². The monoisotopic (exact) mass is 361 g/mol. The summed E-state index contributed by atoms with van der Waals surface area (Å²) in [5, 5.41) is 3.17. The first-order valence-electron chi connectivity index (χ1n) is 7.49. The maximum absolute atomic E-state index is 6.12. The van der Waals surface area contributed by atoms with E-state index in [-0.39, 0.29) is 0 Å². The lowest BCUT2D eigenvalue weighted by atomic mass is 9.94. The molecular weight excluding hydrogens is 346 g/mol. The molecule has 114 valence electrons. The van der Waals surface area contributed by atoms with Gasteiger partial charge >= 0.3 is 0 Å². The molecule has 22 heavy (non-hydrogen) atoms. The van der Waals surface area contributed by atoms with Gasteiger partial charge in [-0.3, -0.25) is 0 Å². The van der Waals surface area contributed by atoms with Crippen LogP contribution < -0.4 is 14.8 Å². The van der Waals surface area contributed by atoms with Crippen molar-refractivity contribution in [2.45, 2.75) is 37.9 Å². The lowest BCUT2D eigenvalue weighted by Crippen LogP contribution is -2.40. The Morgan fingerprint density at radius 1 is 1.00 bits per heavy atom. The van der Waals surface area contributed by atoms with Gasteiger partial charge in [0, 0.05) is 37.0 Å². The predicted molar refractivity (Wildman–Crippen MR) is 86.5 cm³/mol. The number of fused-ring (bicyclic) bond motifs is 1. The minimum Gasteiger partial charge on any atom is -0.448 e.